The van der Waals surface area contributed by atoms with Gasteiger partial charge in [-0.3, -0.25) is 19.3 Å². The van der Waals surface area contributed by atoms with Crippen LogP contribution in [-0.4, -0.2) is 54.0 Å². The molecule has 0 radical (unpaired) electrons. The van der Waals surface area contributed by atoms with Crippen LogP contribution in [0.2, 0.25) is 0 Å². The number of hydrogen-bond acceptors (Lipinski definition) is 5. The van der Waals surface area contributed by atoms with Gasteiger partial charge in [0.25, 0.3) is 0 Å². The molecule has 4 rings (SSSR count). The zero-order valence-corrected chi connectivity index (χ0v) is 14.5. The van der Waals surface area contributed by atoms with Crippen molar-refractivity contribution < 1.29 is 19.1 Å². The maximum Gasteiger partial charge on any atom is 0.240 e. The highest BCUT2D eigenvalue weighted by molar-refractivity contribution is 6.08. The van der Waals surface area contributed by atoms with Crippen LogP contribution in [0.5, 0.6) is 0 Å². The molecule has 0 aromatic heterocycles. The van der Waals surface area contributed by atoms with E-state index >= 15 is 0 Å². The summed E-state index contributed by atoms with van der Waals surface area (Å²) >= 11 is 0. The molecule has 3 heterocycles. The van der Waals surface area contributed by atoms with E-state index in [0.717, 1.165) is 30.6 Å². The number of amides is 3. The first-order chi connectivity index (χ1) is 12.1. The van der Waals surface area contributed by atoms with E-state index in [-0.39, 0.29) is 54.4 Å². The van der Waals surface area contributed by atoms with Crippen molar-refractivity contribution in [2.24, 2.45) is 23.5 Å². The van der Waals surface area contributed by atoms with Crippen LogP contribution in [0.25, 0.3) is 0 Å². The number of fused-ring (bicyclic) bond motifs is 5. The maximum absolute atomic E-state index is 12.6. The lowest BCUT2D eigenvalue weighted by Gasteiger charge is -2.30. The predicted octanol–water partition coefficient (Wildman–Crippen LogP) is 0.173. The largest absolute Gasteiger partial charge is 0.373 e. The van der Waals surface area contributed by atoms with E-state index in [9.17, 15) is 14.4 Å². The molecule has 1 aliphatic carbocycles. The number of imide groups is 1. The minimum absolute atomic E-state index is 0.0698. The summed E-state index contributed by atoms with van der Waals surface area (Å²) < 4.78 is 5.71. The van der Waals surface area contributed by atoms with Crippen LogP contribution >= 0.6 is 0 Å². The van der Waals surface area contributed by atoms with E-state index < -0.39 is 0 Å². The number of nitrogens with zero attached hydrogens (tertiary/aromatic N) is 1. The first-order valence-corrected chi connectivity index (χ1v) is 9.60. The van der Waals surface area contributed by atoms with Crippen molar-refractivity contribution in [1.29, 1.82) is 0 Å². The maximum atomic E-state index is 12.6. The Bertz CT molecular complexity index is 547. The van der Waals surface area contributed by atoms with Crippen LogP contribution in [0.4, 0.5) is 0 Å². The van der Waals surface area contributed by atoms with Gasteiger partial charge in [0.05, 0.1) is 24.0 Å². The van der Waals surface area contributed by atoms with Gasteiger partial charge in [-0.2, -0.15) is 0 Å². The van der Waals surface area contributed by atoms with Crippen molar-refractivity contribution in [2.75, 3.05) is 13.1 Å². The number of likely N-dealkylation sites (tertiary alicyclic amines) is 1. The summed E-state index contributed by atoms with van der Waals surface area (Å²) in [5.41, 5.74) is 5.86. The highest BCUT2D eigenvalue weighted by Crippen LogP contribution is 2.48. The van der Waals surface area contributed by atoms with Crippen LogP contribution < -0.4 is 11.1 Å². The number of rotatable bonds is 5. The molecule has 7 nitrogen and oxygen atoms in total. The van der Waals surface area contributed by atoms with Gasteiger partial charge in [0.2, 0.25) is 17.7 Å². The van der Waals surface area contributed by atoms with E-state index in [2.05, 4.69) is 5.32 Å². The second-order valence-electron chi connectivity index (χ2n) is 7.91. The molecular weight excluding hydrogens is 322 g/mol. The molecule has 3 amide bonds. The molecule has 0 aromatic carbocycles. The van der Waals surface area contributed by atoms with E-state index in [1.807, 2.05) is 0 Å². The van der Waals surface area contributed by atoms with Crippen LogP contribution in [-0.2, 0) is 19.1 Å². The summed E-state index contributed by atoms with van der Waals surface area (Å²) in [4.78, 5) is 38.8. The van der Waals surface area contributed by atoms with Gasteiger partial charge in [-0.05, 0) is 31.6 Å². The Labute approximate surface area is 147 Å². The second-order valence-corrected chi connectivity index (χ2v) is 7.91. The molecular formula is C18H27N3O4. The molecule has 5 atom stereocenters. The third-order valence-electron chi connectivity index (χ3n) is 6.50. The standard InChI is InChI=1S/C18H27N3O4/c19-8-11(10-4-2-1-3-5-10)20-14(22)9-21-17(23)15-12-6-7-13(25-12)16(15)18(21)24/h10-13,15-16H,1-9,19H2,(H,20,22). The lowest BCUT2D eigenvalue weighted by Crippen LogP contribution is -2.50. The van der Waals surface area contributed by atoms with E-state index in [1.54, 1.807) is 0 Å². The molecule has 3 saturated heterocycles. The van der Waals surface area contributed by atoms with Gasteiger partial charge in [0.1, 0.15) is 6.54 Å². The van der Waals surface area contributed by atoms with Gasteiger partial charge in [0.15, 0.2) is 0 Å². The van der Waals surface area contributed by atoms with Crippen molar-refractivity contribution in [1.82, 2.24) is 10.2 Å². The minimum atomic E-state index is -0.373. The Balaban J connectivity index is 1.37. The van der Waals surface area contributed by atoms with Crippen LogP contribution in [0.15, 0.2) is 0 Å². The lowest BCUT2D eigenvalue weighted by molar-refractivity contribution is -0.146. The first kappa shape index (κ1) is 17.0. The van der Waals surface area contributed by atoms with Crippen LogP contribution in [0.1, 0.15) is 44.9 Å². The summed E-state index contributed by atoms with van der Waals surface area (Å²) in [6.07, 6.45) is 7.13. The molecule has 5 unspecified atom stereocenters. The van der Waals surface area contributed by atoms with Gasteiger partial charge in [0, 0.05) is 12.6 Å². The molecule has 0 spiro atoms. The second kappa shape index (κ2) is 6.68. The van der Waals surface area contributed by atoms with Crippen LogP contribution in [0, 0.1) is 17.8 Å². The fourth-order valence-electron chi connectivity index (χ4n) is 5.23. The average Bonchev–Trinajstić information content (AvgIpc) is 3.30. The summed E-state index contributed by atoms with van der Waals surface area (Å²) in [6.45, 7) is 0.203. The van der Waals surface area contributed by atoms with Crippen molar-refractivity contribution in [3.63, 3.8) is 0 Å². The lowest BCUT2D eigenvalue weighted by atomic mass is 9.81. The summed E-state index contributed by atoms with van der Waals surface area (Å²) in [6, 6.07) is -0.0698. The third-order valence-corrected chi connectivity index (χ3v) is 6.50. The van der Waals surface area contributed by atoms with Gasteiger partial charge in [-0.1, -0.05) is 19.3 Å². The molecule has 138 valence electrons. The summed E-state index contributed by atoms with van der Waals surface area (Å²) in [5, 5.41) is 2.97. The number of carbonyl (C=O) groups is 3. The van der Waals surface area contributed by atoms with Crippen LogP contribution in [0.3, 0.4) is 0 Å². The highest BCUT2D eigenvalue weighted by Gasteiger charge is 2.62. The molecule has 1 saturated carbocycles. The van der Waals surface area contributed by atoms with Gasteiger partial charge in [-0.15, -0.1) is 0 Å². The van der Waals surface area contributed by atoms with E-state index in [1.165, 1.54) is 19.3 Å². The number of nitrogens with two attached hydrogens (primary N) is 1. The molecule has 3 N–H and O–H groups in total. The van der Waals surface area contributed by atoms with E-state index in [4.69, 9.17) is 10.5 Å². The fourth-order valence-corrected chi connectivity index (χ4v) is 5.23. The monoisotopic (exact) mass is 349 g/mol. The Morgan fingerprint density at radius 2 is 1.68 bits per heavy atom. The molecule has 2 bridgehead atoms. The SMILES string of the molecule is NCC(NC(=O)CN1C(=O)C2C3CCC(O3)C2C1=O)C1CCCCC1. The molecule has 0 aromatic rings. The molecule has 25 heavy (non-hydrogen) atoms. The Hall–Kier alpha value is -1.47. The van der Waals surface area contributed by atoms with Gasteiger partial charge in [-0.25, -0.2) is 0 Å². The number of hydrogen-bond donors (Lipinski definition) is 2. The Morgan fingerprint density at radius 3 is 2.24 bits per heavy atom. The zero-order valence-electron chi connectivity index (χ0n) is 14.5. The number of nitrogens with one attached hydrogen (secondary N) is 1. The zero-order chi connectivity index (χ0) is 17.6. The van der Waals surface area contributed by atoms with E-state index in [0.29, 0.717) is 12.5 Å². The summed E-state index contributed by atoms with van der Waals surface area (Å²) in [7, 11) is 0. The fraction of sp³-hybridized carbons (Fsp3) is 0.833. The van der Waals surface area contributed by atoms with Crippen molar-refractivity contribution in [3.8, 4) is 0 Å². The quantitative estimate of drug-likeness (QED) is 0.689. The van der Waals surface area contributed by atoms with Gasteiger partial charge < -0.3 is 15.8 Å². The average molecular weight is 349 g/mol. The topological polar surface area (TPSA) is 102 Å². The Kier molecular flexibility index (Phi) is 4.54. The Morgan fingerprint density at radius 1 is 1.08 bits per heavy atom. The normalized spacial score (nSPS) is 36.0. The minimum Gasteiger partial charge on any atom is -0.373 e. The van der Waals surface area contributed by atoms with Gasteiger partial charge >= 0.3 is 0 Å². The number of carbonyl (C=O) groups excluding carboxylic acids is 3. The van der Waals surface area contributed by atoms with Crippen molar-refractivity contribution in [3.05, 3.63) is 0 Å². The first-order valence-electron chi connectivity index (χ1n) is 9.60. The summed E-state index contributed by atoms with van der Waals surface area (Å²) in [5.74, 6) is -1.10. The number of ether oxygens (including phenoxy) is 1. The smallest absolute Gasteiger partial charge is 0.240 e. The molecule has 7 heteroatoms. The third kappa shape index (κ3) is 2.87. The van der Waals surface area contributed by atoms with Crippen molar-refractivity contribution >= 4 is 17.7 Å². The molecule has 3 aliphatic heterocycles. The predicted molar refractivity (Wildman–Crippen MR) is 89.2 cm³/mol. The molecule has 4 aliphatic rings. The van der Waals surface area contributed by atoms with Crippen molar-refractivity contribution in [2.45, 2.75) is 63.2 Å². The molecule has 4 fully saturated rings. The highest BCUT2D eigenvalue weighted by atomic mass is 16.5.